The Morgan fingerprint density at radius 2 is 2.00 bits per heavy atom. The first-order chi connectivity index (χ1) is 14.6. The van der Waals surface area contributed by atoms with Crippen molar-refractivity contribution in [2.75, 3.05) is 13.7 Å². The van der Waals surface area contributed by atoms with Gasteiger partial charge in [0.05, 0.1) is 18.1 Å². The summed E-state index contributed by atoms with van der Waals surface area (Å²) >= 11 is 0. The molecule has 2 aromatic carbocycles. The first kappa shape index (κ1) is 20.1. The number of benzene rings is 2. The molecule has 0 spiro atoms. The molecule has 1 aliphatic heterocycles. The van der Waals surface area contributed by atoms with Gasteiger partial charge in [-0.3, -0.25) is 9.59 Å². The van der Waals surface area contributed by atoms with Gasteiger partial charge in [0.2, 0.25) is 0 Å². The number of carbonyl (C=O) groups excluding carboxylic acids is 1. The van der Waals surface area contributed by atoms with Crippen molar-refractivity contribution in [3.63, 3.8) is 0 Å². The molecule has 0 saturated carbocycles. The normalized spacial score (nSPS) is 16.6. The van der Waals surface area contributed by atoms with Crippen molar-refractivity contribution in [3.8, 4) is 5.75 Å². The number of methoxy groups -OCH3 is 1. The van der Waals surface area contributed by atoms with Crippen molar-refractivity contribution >= 4 is 16.9 Å². The summed E-state index contributed by atoms with van der Waals surface area (Å²) in [5.74, 6) is 0.588. The fourth-order valence-corrected chi connectivity index (χ4v) is 4.28. The van der Waals surface area contributed by atoms with Gasteiger partial charge >= 0.3 is 0 Å². The molecular weight excluding hydrogens is 378 g/mol. The van der Waals surface area contributed by atoms with Crippen molar-refractivity contribution in [3.05, 3.63) is 70.1 Å². The maximum atomic E-state index is 13.4. The summed E-state index contributed by atoms with van der Waals surface area (Å²) in [5.41, 5.74) is 2.26. The molecule has 0 bridgehead atoms. The Bertz CT molecular complexity index is 1120. The van der Waals surface area contributed by atoms with E-state index < -0.39 is 0 Å². The van der Waals surface area contributed by atoms with E-state index in [1.807, 2.05) is 47.4 Å². The highest BCUT2D eigenvalue weighted by Gasteiger charge is 2.30. The van der Waals surface area contributed by atoms with Gasteiger partial charge in [0.25, 0.3) is 11.5 Å². The van der Waals surface area contributed by atoms with Gasteiger partial charge in [0, 0.05) is 19.6 Å². The van der Waals surface area contributed by atoms with Crippen LogP contribution >= 0.6 is 0 Å². The van der Waals surface area contributed by atoms with E-state index in [0.29, 0.717) is 12.1 Å². The molecule has 0 radical (unpaired) electrons. The molecule has 6 nitrogen and oxygen atoms in total. The molecule has 1 aromatic heterocycles. The molecule has 30 heavy (non-hydrogen) atoms. The molecule has 0 unspecified atom stereocenters. The SMILES string of the molecule is COc1cccc(CC[C@@H]2CCCCN2C(=O)c2nc3ccccc3n(C)c2=O)c1. The summed E-state index contributed by atoms with van der Waals surface area (Å²) in [7, 11) is 3.36. The Morgan fingerprint density at radius 1 is 1.17 bits per heavy atom. The molecule has 4 rings (SSSR count). The number of rotatable bonds is 5. The third-order valence-corrected chi connectivity index (χ3v) is 5.97. The minimum Gasteiger partial charge on any atom is -0.497 e. The number of hydrogen-bond donors (Lipinski definition) is 0. The van der Waals surface area contributed by atoms with Gasteiger partial charge in [0.1, 0.15) is 5.75 Å². The number of likely N-dealkylation sites (tertiary alicyclic amines) is 1. The zero-order valence-electron chi connectivity index (χ0n) is 17.5. The Kier molecular flexibility index (Phi) is 5.84. The molecule has 0 N–H and O–H groups in total. The average Bonchev–Trinajstić information content (AvgIpc) is 2.80. The number of piperidine rings is 1. The average molecular weight is 405 g/mol. The van der Waals surface area contributed by atoms with E-state index in [-0.39, 0.29) is 23.2 Å². The van der Waals surface area contributed by atoms with Crippen molar-refractivity contribution in [2.45, 2.75) is 38.1 Å². The second-order valence-electron chi connectivity index (χ2n) is 7.85. The minimum absolute atomic E-state index is 0.0180. The van der Waals surface area contributed by atoms with E-state index in [0.717, 1.165) is 43.4 Å². The lowest BCUT2D eigenvalue weighted by atomic mass is 9.95. The zero-order valence-corrected chi connectivity index (χ0v) is 17.5. The lowest BCUT2D eigenvalue weighted by Gasteiger charge is -2.35. The van der Waals surface area contributed by atoms with Crippen LogP contribution in [-0.4, -0.2) is 40.1 Å². The molecule has 1 atom stereocenters. The Hall–Kier alpha value is -3.15. The maximum Gasteiger partial charge on any atom is 0.282 e. The second kappa shape index (κ2) is 8.69. The summed E-state index contributed by atoms with van der Waals surface area (Å²) in [4.78, 5) is 32.5. The third kappa shape index (κ3) is 3.95. The van der Waals surface area contributed by atoms with Gasteiger partial charge < -0.3 is 14.2 Å². The Morgan fingerprint density at radius 3 is 2.83 bits per heavy atom. The van der Waals surface area contributed by atoms with E-state index in [4.69, 9.17) is 4.74 Å². The first-order valence-electron chi connectivity index (χ1n) is 10.5. The molecule has 156 valence electrons. The van der Waals surface area contributed by atoms with Crippen LogP contribution in [0, 0.1) is 0 Å². The van der Waals surface area contributed by atoms with Crippen LogP contribution in [0.2, 0.25) is 0 Å². The minimum atomic E-state index is -0.337. The quantitative estimate of drug-likeness (QED) is 0.651. The summed E-state index contributed by atoms with van der Waals surface area (Å²) in [6.07, 6.45) is 4.70. The largest absolute Gasteiger partial charge is 0.497 e. The molecule has 1 amide bonds. The van der Waals surface area contributed by atoms with Gasteiger partial charge in [-0.25, -0.2) is 4.98 Å². The van der Waals surface area contributed by atoms with Crippen molar-refractivity contribution < 1.29 is 9.53 Å². The second-order valence-corrected chi connectivity index (χ2v) is 7.85. The molecule has 0 aliphatic carbocycles. The fraction of sp³-hybridized carbons (Fsp3) is 0.375. The maximum absolute atomic E-state index is 13.4. The standard InChI is InChI=1S/C24H27N3O3/c1-26-21-12-4-3-11-20(21)25-22(23(26)28)24(29)27-15-6-5-9-18(27)14-13-17-8-7-10-19(16-17)30-2/h3-4,7-8,10-12,16,18H,5-6,9,13-15H2,1-2H3/t18-/m0/s1. The summed E-state index contributed by atoms with van der Waals surface area (Å²) in [6, 6.07) is 15.6. The summed E-state index contributed by atoms with van der Waals surface area (Å²) in [6.45, 7) is 0.666. The van der Waals surface area contributed by atoms with E-state index >= 15 is 0 Å². The Labute approximate surface area is 176 Å². The number of hydrogen-bond acceptors (Lipinski definition) is 4. The van der Waals surface area contributed by atoms with Crippen LogP contribution in [0.25, 0.3) is 11.0 Å². The molecule has 1 aliphatic rings. The van der Waals surface area contributed by atoms with E-state index in [2.05, 4.69) is 11.1 Å². The van der Waals surface area contributed by atoms with Crippen LogP contribution in [0.5, 0.6) is 5.75 Å². The van der Waals surface area contributed by atoms with Crippen LogP contribution < -0.4 is 10.3 Å². The lowest BCUT2D eigenvalue weighted by Crippen LogP contribution is -2.46. The van der Waals surface area contributed by atoms with Gasteiger partial charge in [-0.15, -0.1) is 0 Å². The van der Waals surface area contributed by atoms with Gasteiger partial charge in [-0.05, 0) is 61.9 Å². The third-order valence-electron chi connectivity index (χ3n) is 5.97. The van der Waals surface area contributed by atoms with Crippen LogP contribution in [0.4, 0.5) is 0 Å². The smallest absolute Gasteiger partial charge is 0.282 e. The number of aryl methyl sites for hydroxylation is 2. The van der Waals surface area contributed by atoms with Crippen molar-refractivity contribution in [1.82, 2.24) is 14.5 Å². The van der Waals surface area contributed by atoms with Crippen molar-refractivity contribution in [1.29, 1.82) is 0 Å². The van der Waals surface area contributed by atoms with E-state index in [9.17, 15) is 9.59 Å². The fourth-order valence-electron chi connectivity index (χ4n) is 4.28. The monoisotopic (exact) mass is 405 g/mol. The van der Waals surface area contributed by atoms with Gasteiger partial charge in [-0.1, -0.05) is 24.3 Å². The molecule has 2 heterocycles. The van der Waals surface area contributed by atoms with Gasteiger partial charge in [-0.2, -0.15) is 0 Å². The van der Waals surface area contributed by atoms with Crippen LogP contribution in [0.1, 0.15) is 41.7 Å². The summed E-state index contributed by atoms with van der Waals surface area (Å²) < 4.78 is 6.83. The van der Waals surface area contributed by atoms with Crippen LogP contribution in [0.15, 0.2) is 53.3 Å². The van der Waals surface area contributed by atoms with E-state index in [1.165, 1.54) is 10.1 Å². The predicted molar refractivity (Wildman–Crippen MR) is 117 cm³/mol. The van der Waals surface area contributed by atoms with Crippen LogP contribution in [-0.2, 0) is 13.5 Å². The highest BCUT2D eigenvalue weighted by Crippen LogP contribution is 2.24. The highest BCUT2D eigenvalue weighted by atomic mass is 16.5. The number of para-hydroxylation sites is 2. The number of amides is 1. The molecule has 1 saturated heterocycles. The summed E-state index contributed by atoms with van der Waals surface area (Å²) in [5, 5.41) is 0. The van der Waals surface area contributed by atoms with Crippen molar-refractivity contribution in [2.24, 2.45) is 7.05 Å². The number of ether oxygens (including phenoxy) is 1. The number of nitrogens with zero attached hydrogens (tertiary/aromatic N) is 3. The van der Waals surface area contributed by atoms with Crippen LogP contribution in [0.3, 0.4) is 0 Å². The lowest BCUT2D eigenvalue weighted by molar-refractivity contribution is 0.0593. The number of carbonyl (C=O) groups is 1. The number of fused-ring (bicyclic) bond motifs is 1. The topological polar surface area (TPSA) is 64.4 Å². The van der Waals surface area contributed by atoms with Gasteiger partial charge in [0.15, 0.2) is 5.69 Å². The van der Waals surface area contributed by atoms with E-state index in [1.54, 1.807) is 14.2 Å². The molecule has 6 heteroatoms. The zero-order chi connectivity index (χ0) is 21.1. The highest BCUT2D eigenvalue weighted by molar-refractivity contribution is 5.94. The number of aromatic nitrogens is 2. The Balaban J connectivity index is 1.58. The predicted octanol–water partition coefficient (Wildman–Crippen LogP) is 3.57. The first-order valence-corrected chi connectivity index (χ1v) is 10.5. The molecule has 1 fully saturated rings. The molecule has 3 aromatic rings. The molecular formula is C24H27N3O3.